The molecule has 0 radical (unpaired) electrons. The first-order valence-electron chi connectivity index (χ1n) is 8.52. The fraction of sp³-hybridized carbons (Fsp3) is 0.444. The first kappa shape index (κ1) is 22.0. The van der Waals surface area contributed by atoms with E-state index in [0.717, 1.165) is 40.9 Å². The van der Waals surface area contributed by atoms with Crippen LogP contribution in [-0.2, 0) is 13.0 Å². The molecule has 1 aromatic heterocycles. The summed E-state index contributed by atoms with van der Waals surface area (Å²) in [6, 6.07) is 3.91. The van der Waals surface area contributed by atoms with Crippen molar-refractivity contribution in [1.82, 2.24) is 15.6 Å². The van der Waals surface area contributed by atoms with E-state index in [-0.39, 0.29) is 24.0 Å². The van der Waals surface area contributed by atoms with Gasteiger partial charge in [0.25, 0.3) is 0 Å². The minimum absolute atomic E-state index is 0. The van der Waals surface area contributed by atoms with Gasteiger partial charge in [0.2, 0.25) is 0 Å². The van der Waals surface area contributed by atoms with Gasteiger partial charge < -0.3 is 20.1 Å². The van der Waals surface area contributed by atoms with Gasteiger partial charge in [-0.2, -0.15) is 0 Å². The summed E-state index contributed by atoms with van der Waals surface area (Å²) in [5.41, 5.74) is 2.18. The van der Waals surface area contributed by atoms with Crippen molar-refractivity contribution in [1.29, 1.82) is 0 Å². The van der Waals surface area contributed by atoms with Crippen molar-refractivity contribution in [2.45, 2.75) is 26.8 Å². The molecule has 2 heterocycles. The number of fused-ring (bicyclic) bond motifs is 1. The van der Waals surface area contributed by atoms with Crippen molar-refractivity contribution in [3.05, 3.63) is 38.3 Å². The number of rotatable bonds is 5. The van der Waals surface area contributed by atoms with E-state index in [1.165, 1.54) is 4.88 Å². The van der Waals surface area contributed by atoms with Crippen LogP contribution in [0.3, 0.4) is 0 Å². The van der Waals surface area contributed by atoms with Gasteiger partial charge in [-0.05, 0) is 38.0 Å². The Morgan fingerprint density at radius 3 is 2.74 bits per heavy atom. The molecule has 0 fully saturated rings. The number of ether oxygens (including phenoxy) is 2. The van der Waals surface area contributed by atoms with Gasteiger partial charge in [0.1, 0.15) is 18.2 Å². The quantitative estimate of drug-likeness (QED) is 0.356. The van der Waals surface area contributed by atoms with Crippen LogP contribution < -0.4 is 20.1 Å². The van der Waals surface area contributed by atoms with Crippen molar-refractivity contribution in [3.63, 3.8) is 0 Å². The van der Waals surface area contributed by atoms with Crippen molar-refractivity contribution < 1.29 is 9.47 Å². The first-order chi connectivity index (χ1) is 12.6. The van der Waals surface area contributed by atoms with Gasteiger partial charge in [-0.15, -0.1) is 35.3 Å². The first-order valence-corrected chi connectivity index (χ1v) is 9.71. The van der Waals surface area contributed by atoms with Crippen molar-refractivity contribution in [2.24, 2.45) is 4.99 Å². The molecule has 1 aliphatic heterocycles. The van der Waals surface area contributed by atoms with Crippen LogP contribution in [0.25, 0.3) is 0 Å². The molecule has 0 spiro atoms. The number of hydrogen-bond acceptors (Lipinski definition) is 5. The Morgan fingerprint density at radius 2 is 2.04 bits per heavy atom. The average Bonchev–Trinajstić information content (AvgIpc) is 2.96. The second-order valence-corrected chi connectivity index (χ2v) is 7.65. The normalized spacial score (nSPS) is 13.1. The van der Waals surface area contributed by atoms with E-state index in [2.05, 4.69) is 27.5 Å². The molecule has 9 heteroatoms. The Hall–Kier alpha value is -1.26. The zero-order chi connectivity index (χ0) is 18.5. The maximum absolute atomic E-state index is 6.28. The highest BCUT2D eigenvalue weighted by atomic mass is 127. The van der Waals surface area contributed by atoms with Gasteiger partial charge in [-0.3, -0.25) is 4.99 Å². The lowest BCUT2D eigenvalue weighted by Crippen LogP contribution is -2.37. The van der Waals surface area contributed by atoms with Crippen LogP contribution in [0.5, 0.6) is 11.5 Å². The maximum atomic E-state index is 6.28. The predicted octanol–water partition coefficient (Wildman–Crippen LogP) is 3.71. The Labute approximate surface area is 185 Å². The Balaban J connectivity index is 0.00000261. The molecular formula is C18H24ClIN4O2S. The number of halogens is 2. The Kier molecular flexibility index (Phi) is 8.43. The summed E-state index contributed by atoms with van der Waals surface area (Å²) in [4.78, 5) is 10.0. The summed E-state index contributed by atoms with van der Waals surface area (Å²) in [5.74, 6) is 2.11. The van der Waals surface area contributed by atoms with E-state index in [0.29, 0.717) is 30.5 Å². The summed E-state index contributed by atoms with van der Waals surface area (Å²) in [6.45, 7) is 6.59. The highest BCUT2D eigenvalue weighted by molar-refractivity contribution is 14.0. The monoisotopic (exact) mass is 522 g/mol. The van der Waals surface area contributed by atoms with E-state index in [9.17, 15) is 0 Å². The number of benzene rings is 1. The maximum Gasteiger partial charge on any atom is 0.191 e. The minimum Gasteiger partial charge on any atom is -0.486 e. The summed E-state index contributed by atoms with van der Waals surface area (Å²) in [5, 5.41) is 8.25. The molecule has 0 bridgehead atoms. The van der Waals surface area contributed by atoms with Crippen LogP contribution in [0.2, 0.25) is 5.02 Å². The molecule has 27 heavy (non-hydrogen) atoms. The molecule has 6 nitrogen and oxygen atoms in total. The average molecular weight is 523 g/mol. The van der Waals surface area contributed by atoms with E-state index >= 15 is 0 Å². The number of nitrogens with zero attached hydrogens (tertiary/aromatic N) is 2. The Bertz CT molecular complexity index is 793. The van der Waals surface area contributed by atoms with Crippen LogP contribution in [-0.4, -0.2) is 37.7 Å². The molecular weight excluding hydrogens is 499 g/mol. The Morgan fingerprint density at radius 1 is 1.26 bits per heavy atom. The fourth-order valence-electron chi connectivity index (χ4n) is 2.63. The van der Waals surface area contributed by atoms with E-state index in [4.69, 9.17) is 21.1 Å². The molecule has 0 saturated carbocycles. The number of aryl methyl sites for hydroxylation is 2. The highest BCUT2D eigenvalue weighted by Gasteiger charge is 2.16. The number of nitrogens with one attached hydrogen (secondary N) is 2. The van der Waals surface area contributed by atoms with Gasteiger partial charge in [-0.25, -0.2) is 4.98 Å². The number of aromatic nitrogens is 1. The third kappa shape index (κ3) is 5.86. The third-order valence-electron chi connectivity index (χ3n) is 4.07. The van der Waals surface area contributed by atoms with E-state index in [1.54, 1.807) is 18.4 Å². The largest absolute Gasteiger partial charge is 0.486 e. The number of aliphatic imine (C=N–C) groups is 1. The summed E-state index contributed by atoms with van der Waals surface area (Å²) >= 11 is 7.99. The standard InChI is InChI=1S/C18H23ClN4O2S.HI/c1-11-12(2)26-16(23-11)10-22-18(20-3)21-5-4-13-8-14(19)17-15(9-13)24-6-7-25-17;/h8-9H,4-7,10H2,1-3H3,(H2,20,21,22);1H. The lowest BCUT2D eigenvalue weighted by Gasteiger charge is -2.20. The van der Waals surface area contributed by atoms with Crippen LogP contribution in [0, 0.1) is 13.8 Å². The minimum atomic E-state index is 0. The third-order valence-corrected chi connectivity index (χ3v) is 5.42. The molecule has 0 aliphatic carbocycles. The molecule has 2 aromatic rings. The van der Waals surface area contributed by atoms with Crippen LogP contribution in [0.4, 0.5) is 0 Å². The zero-order valence-electron chi connectivity index (χ0n) is 15.6. The van der Waals surface area contributed by atoms with Crippen LogP contribution in [0.15, 0.2) is 17.1 Å². The molecule has 0 amide bonds. The SMILES string of the molecule is CN=C(NCCc1cc(Cl)c2c(c1)OCCO2)NCc1nc(C)c(C)s1.I. The zero-order valence-corrected chi connectivity index (χ0v) is 19.5. The van der Waals surface area contributed by atoms with Crippen LogP contribution in [0.1, 0.15) is 21.1 Å². The molecule has 0 atom stereocenters. The summed E-state index contributed by atoms with van der Waals surface area (Å²) < 4.78 is 11.2. The number of hydrogen-bond donors (Lipinski definition) is 2. The fourth-order valence-corrected chi connectivity index (χ4v) is 3.79. The van der Waals surface area contributed by atoms with Gasteiger partial charge >= 0.3 is 0 Å². The summed E-state index contributed by atoms with van der Waals surface area (Å²) in [6.07, 6.45) is 0.798. The van der Waals surface area contributed by atoms with E-state index in [1.807, 2.05) is 19.1 Å². The van der Waals surface area contributed by atoms with E-state index < -0.39 is 0 Å². The lowest BCUT2D eigenvalue weighted by molar-refractivity contribution is 0.171. The molecule has 0 saturated heterocycles. The van der Waals surface area contributed by atoms with Crippen LogP contribution >= 0.6 is 46.9 Å². The number of guanidine groups is 1. The smallest absolute Gasteiger partial charge is 0.191 e. The second kappa shape index (κ2) is 10.3. The summed E-state index contributed by atoms with van der Waals surface area (Å²) in [7, 11) is 1.76. The lowest BCUT2D eigenvalue weighted by atomic mass is 10.1. The highest BCUT2D eigenvalue weighted by Crippen LogP contribution is 2.38. The molecule has 1 aromatic carbocycles. The van der Waals surface area contributed by atoms with Gasteiger partial charge in [0.05, 0.1) is 17.3 Å². The molecule has 148 valence electrons. The van der Waals surface area contributed by atoms with Gasteiger partial charge in [-0.1, -0.05) is 11.6 Å². The molecule has 0 unspecified atom stereocenters. The molecule has 3 rings (SSSR count). The van der Waals surface area contributed by atoms with Crippen molar-refractivity contribution >= 4 is 52.9 Å². The topological polar surface area (TPSA) is 67.8 Å². The van der Waals surface area contributed by atoms with Gasteiger partial charge in [0.15, 0.2) is 17.5 Å². The van der Waals surface area contributed by atoms with Gasteiger partial charge in [0, 0.05) is 18.5 Å². The second-order valence-electron chi connectivity index (χ2n) is 5.95. The molecule has 2 N–H and O–H groups in total. The van der Waals surface area contributed by atoms with Crippen molar-refractivity contribution in [3.8, 4) is 11.5 Å². The predicted molar refractivity (Wildman–Crippen MR) is 121 cm³/mol. The molecule has 1 aliphatic rings. The number of thiazole rings is 1. The van der Waals surface area contributed by atoms with Crippen molar-refractivity contribution in [2.75, 3.05) is 26.8 Å².